The lowest BCUT2D eigenvalue weighted by Gasteiger charge is -2.35. The van der Waals surface area contributed by atoms with E-state index in [1.807, 2.05) is 29.2 Å². The van der Waals surface area contributed by atoms with Crippen LogP contribution in [-0.4, -0.2) is 81.0 Å². The lowest BCUT2D eigenvalue weighted by molar-refractivity contribution is 0.0304. The average molecular weight is 485 g/mol. The Morgan fingerprint density at radius 1 is 0.912 bits per heavy atom. The Labute approximate surface area is 197 Å². The Bertz CT molecular complexity index is 1320. The molecule has 2 saturated heterocycles. The molecule has 10 heteroatoms. The minimum Gasteiger partial charge on any atom is -0.378 e. The lowest BCUT2D eigenvalue weighted by atomic mass is 10.1. The van der Waals surface area contributed by atoms with E-state index in [0.717, 1.165) is 11.5 Å². The molecule has 3 aromatic rings. The van der Waals surface area contributed by atoms with Crippen LogP contribution in [0.25, 0.3) is 10.9 Å². The number of nitrogens with zero attached hydrogens (tertiary/aromatic N) is 4. The molecule has 1 aromatic heterocycles. The van der Waals surface area contributed by atoms with Gasteiger partial charge in [-0.25, -0.2) is 17.8 Å². The molecule has 2 fully saturated rings. The number of aromatic nitrogens is 1. The fourth-order valence-electron chi connectivity index (χ4n) is 4.37. The zero-order valence-electron chi connectivity index (χ0n) is 18.6. The van der Waals surface area contributed by atoms with Gasteiger partial charge in [0.15, 0.2) is 0 Å². The van der Waals surface area contributed by atoms with Gasteiger partial charge in [0.2, 0.25) is 10.0 Å². The number of sulfonamides is 1. The molecule has 2 aromatic carbocycles. The molecule has 2 aliphatic rings. The van der Waals surface area contributed by atoms with E-state index in [1.54, 1.807) is 11.0 Å². The molecule has 0 spiro atoms. The van der Waals surface area contributed by atoms with E-state index in [-0.39, 0.29) is 23.9 Å². The average Bonchev–Trinajstić information content (AvgIpc) is 2.88. The van der Waals surface area contributed by atoms with Gasteiger partial charge in [0, 0.05) is 44.7 Å². The van der Waals surface area contributed by atoms with Crippen LogP contribution >= 0.6 is 0 Å². The second-order valence-corrected chi connectivity index (χ2v) is 10.2. The maximum Gasteiger partial charge on any atom is 0.254 e. The molecule has 0 aliphatic carbocycles. The van der Waals surface area contributed by atoms with E-state index in [4.69, 9.17) is 9.72 Å². The number of carbonyl (C=O) groups excluding carboxylic acids is 1. The van der Waals surface area contributed by atoms with Crippen LogP contribution in [0.15, 0.2) is 59.5 Å². The van der Waals surface area contributed by atoms with Crippen molar-refractivity contribution in [2.24, 2.45) is 0 Å². The van der Waals surface area contributed by atoms with E-state index in [2.05, 4.69) is 0 Å². The third kappa shape index (κ3) is 4.36. The molecule has 5 rings (SSSR count). The number of hydrogen-bond donors (Lipinski definition) is 0. The number of halogens is 1. The molecule has 2 aliphatic heterocycles. The van der Waals surface area contributed by atoms with Gasteiger partial charge in [-0.1, -0.05) is 24.3 Å². The fourth-order valence-corrected chi connectivity index (χ4v) is 5.83. The Morgan fingerprint density at radius 3 is 2.38 bits per heavy atom. The first-order valence-corrected chi connectivity index (χ1v) is 12.6. The standard InChI is InChI=1S/C24H25FN4O4S/c25-18-4-3-5-19(16-18)34(31,32)29-10-8-27(9-11-29)23-17-21(20-6-1-2-7-22(20)26-23)24(30)28-12-14-33-15-13-28/h1-7,16-17H,8-15H2. The van der Waals surface area contributed by atoms with Gasteiger partial charge in [0.25, 0.3) is 5.91 Å². The molecule has 0 radical (unpaired) electrons. The molecule has 0 bridgehead atoms. The lowest BCUT2D eigenvalue weighted by Crippen LogP contribution is -2.49. The smallest absolute Gasteiger partial charge is 0.254 e. The van der Waals surface area contributed by atoms with Gasteiger partial charge in [0.1, 0.15) is 11.6 Å². The minimum absolute atomic E-state index is 0.0526. The molecule has 0 atom stereocenters. The van der Waals surface area contributed by atoms with Crippen molar-refractivity contribution in [3.8, 4) is 0 Å². The number of fused-ring (bicyclic) bond motifs is 1. The van der Waals surface area contributed by atoms with Gasteiger partial charge in [-0.3, -0.25) is 4.79 Å². The highest BCUT2D eigenvalue weighted by atomic mass is 32.2. The van der Waals surface area contributed by atoms with Crippen molar-refractivity contribution in [2.75, 3.05) is 57.4 Å². The third-order valence-corrected chi connectivity index (χ3v) is 8.12. The Morgan fingerprint density at radius 2 is 1.65 bits per heavy atom. The normalized spacial score (nSPS) is 17.8. The van der Waals surface area contributed by atoms with Crippen molar-refractivity contribution in [1.82, 2.24) is 14.2 Å². The molecule has 1 amide bonds. The summed E-state index contributed by atoms with van der Waals surface area (Å²) in [6, 6.07) is 14.4. The SMILES string of the molecule is O=C(c1cc(N2CCN(S(=O)(=O)c3cccc(F)c3)CC2)nc2ccccc12)N1CCOCC1. The highest BCUT2D eigenvalue weighted by Gasteiger charge is 2.30. The fraction of sp³-hybridized carbons (Fsp3) is 0.333. The van der Waals surface area contributed by atoms with Crippen LogP contribution < -0.4 is 4.90 Å². The first kappa shape index (κ1) is 22.7. The number of benzene rings is 2. The first-order chi connectivity index (χ1) is 16.4. The number of ether oxygens (including phenoxy) is 1. The number of piperazine rings is 1. The number of morpholine rings is 1. The zero-order valence-corrected chi connectivity index (χ0v) is 19.4. The van der Waals surface area contributed by atoms with E-state index in [9.17, 15) is 17.6 Å². The Kier molecular flexibility index (Phi) is 6.20. The van der Waals surface area contributed by atoms with E-state index in [1.165, 1.54) is 22.5 Å². The summed E-state index contributed by atoms with van der Waals surface area (Å²) in [5.41, 5.74) is 1.30. The van der Waals surface area contributed by atoms with Gasteiger partial charge in [-0.2, -0.15) is 4.31 Å². The molecule has 0 unspecified atom stereocenters. The summed E-state index contributed by atoms with van der Waals surface area (Å²) >= 11 is 0. The summed E-state index contributed by atoms with van der Waals surface area (Å²) < 4.78 is 46.2. The Hall–Kier alpha value is -3.08. The summed E-state index contributed by atoms with van der Waals surface area (Å²) in [6.45, 7) is 3.41. The largest absolute Gasteiger partial charge is 0.378 e. The maximum absolute atomic E-state index is 13.6. The maximum atomic E-state index is 13.6. The predicted octanol–water partition coefficient (Wildman–Crippen LogP) is 2.36. The molecule has 0 N–H and O–H groups in total. The topological polar surface area (TPSA) is 83.1 Å². The summed E-state index contributed by atoms with van der Waals surface area (Å²) in [7, 11) is -3.79. The van der Waals surface area contributed by atoms with Crippen LogP contribution in [0, 0.1) is 5.82 Å². The summed E-state index contributed by atoms with van der Waals surface area (Å²) in [6.07, 6.45) is 0. The van der Waals surface area contributed by atoms with Crippen molar-refractivity contribution < 1.29 is 22.3 Å². The quantitative estimate of drug-likeness (QED) is 0.566. The number of carbonyl (C=O) groups is 1. The zero-order chi connectivity index (χ0) is 23.7. The molecule has 178 valence electrons. The van der Waals surface area contributed by atoms with Gasteiger partial charge >= 0.3 is 0 Å². The third-order valence-electron chi connectivity index (χ3n) is 6.23. The highest BCUT2D eigenvalue weighted by molar-refractivity contribution is 7.89. The van der Waals surface area contributed by atoms with Gasteiger partial charge in [0.05, 0.1) is 29.2 Å². The predicted molar refractivity (Wildman–Crippen MR) is 126 cm³/mol. The molecular weight excluding hydrogens is 459 g/mol. The molecule has 8 nitrogen and oxygen atoms in total. The van der Waals surface area contributed by atoms with Gasteiger partial charge in [-0.15, -0.1) is 0 Å². The van der Waals surface area contributed by atoms with Crippen LogP contribution in [-0.2, 0) is 14.8 Å². The van der Waals surface area contributed by atoms with Crippen LogP contribution in [0.3, 0.4) is 0 Å². The van der Waals surface area contributed by atoms with Crippen LogP contribution in [0.2, 0.25) is 0 Å². The van der Waals surface area contributed by atoms with E-state index >= 15 is 0 Å². The second kappa shape index (κ2) is 9.28. The van der Waals surface area contributed by atoms with Crippen LogP contribution in [0.4, 0.5) is 10.2 Å². The second-order valence-electron chi connectivity index (χ2n) is 8.30. The van der Waals surface area contributed by atoms with Crippen LogP contribution in [0.5, 0.6) is 0 Å². The van der Waals surface area contributed by atoms with Gasteiger partial charge < -0.3 is 14.5 Å². The van der Waals surface area contributed by atoms with Crippen molar-refractivity contribution in [3.63, 3.8) is 0 Å². The summed E-state index contributed by atoms with van der Waals surface area (Å²) in [4.78, 5) is 21.8. The van der Waals surface area contributed by atoms with Crippen LogP contribution in [0.1, 0.15) is 10.4 Å². The van der Waals surface area contributed by atoms with Crippen molar-refractivity contribution in [2.45, 2.75) is 4.90 Å². The number of para-hydroxylation sites is 1. The number of pyridine rings is 1. The highest BCUT2D eigenvalue weighted by Crippen LogP contribution is 2.26. The summed E-state index contributed by atoms with van der Waals surface area (Å²) in [5, 5.41) is 0.787. The number of amides is 1. The number of hydrogen-bond acceptors (Lipinski definition) is 6. The Balaban J connectivity index is 1.39. The molecule has 34 heavy (non-hydrogen) atoms. The molecule has 0 saturated carbocycles. The van der Waals surface area contributed by atoms with E-state index in [0.29, 0.717) is 56.3 Å². The summed E-state index contributed by atoms with van der Waals surface area (Å²) in [5.74, 6) is -0.00822. The van der Waals surface area contributed by atoms with E-state index < -0.39 is 15.8 Å². The first-order valence-electron chi connectivity index (χ1n) is 11.2. The van der Waals surface area contributed by atoms with Crippen molar-refractivity contribution in [3.05, 3.63) is 66.0 Å². The molecule has 3 heterocycles. The number of anilines is 1. The molecular formula is C24H25FN4O4S. The van der Waals surface area contributed by atoms with Crippen molar-refractivity contribution >= 4 is 32.7 Å². The number of rotatable bonds is 4. The van der Waals surface area contributed by atoms with Crippen molar-refractivity contribution in [1.29, 1.82) is 0 Å². The van der Waals surface area contributed by atoms with Gasteiger partial charge in [-0.05, 0) is 30.3 Å². The monoisotopic (exact) mass is 484 g/mol. The minimum atomic E-state index is -3.79.